The first-order chi connectivity index (χ1) is 6.36. The van der Waals surface area contributed by atoms with Gasteiger partial charge >= 0.3 is 0 Å². The number of nitrogens with one attached hydrogen (secondary N) is 1. The van der Waals surface area contributed by atoms with E-state index in [1.807, 2.05) is 12.2 Å². The van der Waals surface area contributed by atoms with Crippen LogP contribution in [0, 0.1) is 0 Å². The molecule has 14 heavy (non-hydrogen) atoms. The highest BCUT2D eigenvalue weighted by atomic mass is 35.5. The van der Waals surface area contributed by atoms with Gasteiger partial charge in [-0.15, -0.1) is 19.0 Å². The van der Waals surface area contributed by atoms with Crippen molar-refractivity contribution in [2.75, 3.05) is 6.54 Å². The second-order valence-electron chi connectivity index (χ2n) is 2.87. The minimum Gasteiger partial charge on any atom is -0.309 e. The summed E-state index contributed by atoms with van der Waals surface area (Å²) in [6, 6.07) is 8.34. The minimum atomic E-state index is 0. The smallest absolute Gasteiger partial charge is 0.0208 e. The molecule has 0 heterocycles. The van der Waals surface area contributed by atoms with Crippen LogP contribution in [0.4, 0.5) is 0 Å². The quantitative estimate of drug-likeness (QED) is 0.581. The zero-order valence-electron chi connectivity index (χ0n) is 8.20. The lowest BCUT2D eigenvalue weighted by atomic mass is 10.1. The highest BCUT2D eigenvalue weighted by Gasteiger charge is 1.90. The van der Waals surface area contributed by atoms with Crippen molar-refractivity contribution >= 4 is 18.5 Å². The topological polar surface area (TPSA) is 12.0 Å². The van der Waals surface area contributed by atoms with E-state index in [-0.39, 0.29) is 12.4 Å². The zero-order valence-corrected chi connectivity index (χ0v) is 9.02. The SMILES string of the molecule is C=CCNCc1ccc(C=C)cc1.Cl. The van der Waals surface area contributed by atoms with Crippen LogP contribution in [0.5, 0.6) is 0 Å². The van der Waals surface area contributed by atoms with Crippen LogP contribution in [0.3, 0.4) is 0 Å². The molecule has 1 aromatic carbocycles. The van der Waals surface area contributed by atoms with Crippen molar-refractivity contribution in [2.24, 2.45) is 0 Å². The Bertz CT molecular complexity index is 277. The Balaban J connectivity index is 0.00000169. The molecule has 0 radical (unpaired) electrons. The molecule has 0 bridgehead atoms. The summed E-state index contributed by atoms with van der Waals surface area (Å²) >= 11 is 0. The highest BCUT2D eigenvalue weighted by Crippen LogP contribution is 2.04. The van der Waals surface area contributed by atoms with Gasteiger partial charge in [-0.3, -0.25) is 0 Å². The van der Waals surface area contributed by atoms with E-state index in [0.29, 0.717) is 0 Å². The van der Waals surface area contributed by atoms with Crippen LogP contribution in [0.15, 0.2) is 43.5 Å². The van der Waals surface area contributed by atoms with E-state index in [9.17, 15) is 0 Å². The fourth-order valence-electron chi connectivity index (χ4n) is 1.09. The number of hydrogen-bond donors (Lipinski definition) is 1. The summed E-state index contributed by atoms with van der Waals surface area (Å²) in [6.07, 6.45) is 3.71. The Hall–Kier alpha value is -1.05. The molecule has 1 nitrogen and oxygen atoms in total. The zero-order chi connectivity index (χ0) is 9.52. The van der Waals surface area contributed by atoms with Gasteiger partial charge in [-0.05, 0) is 11.1 Å². The van der Waals surface area contributed by atoms with E-state index in [2.05, 4.69) is 42.7 Å². The average molecular weight is 210 g/mol. The predicted octanol–water partition coefficient (Wildman–Crippen LogP) is 3.03. The van der Waals surface area contributed by atoms with Crippen LogP contribution in [0.25, 0.3) is 6.08 Å². The van der Waals surface area contributed by atoms with Gasteiger partial charge in [0.25, 0.3) is 0 Å². The Kier molecular flexibility index (Phi) is 6.81. The van der Waals surface area contributed by atoms with Crippen molar-refractivity contribution in [1.29, 1.82) is 0 Å². The first kappa shape index (κ1) is 12.9. The molecule has 0 amide bonds. The molecule has 0 spiro atoms. The van der Waals surface area contributed by atoms with Crippen LogP contribution in [0.1, 0.15) is 11.1 Å². The monoisotopic (exact) mass is 209 g/mol. The summed E-state index contributed by atoms with van der Waals surface area (Å²) in [6.45, 7) is 9.09. The van der Waals surface area contributed by atoms with Crippen molar-refractivity contribution < 1.29 is 0 Å². The van der Waals surface area contributed by atoms with Crippen molar-refractivity contribution in [3.8, 4) is 0 Å². The molecule has 0 unspecified atom stereocenters. The lowest BCUT2D eigenvalue weighted by Gasteiger charge is -2.02. The second kappa shape index (κ2) is 7.36. The molecule has 76 valence electrons. The molecule has 1 N–H and O–H groups in total. The first-order valence-electron chi connectivity index (χ1n) is 4.40. The lowest BCUT2D eigenvalue weighted by Crippen LogP contribution is -2.12. The van der Waals surface area contributed by atoms with Gasteiger partial charge in [0.05, 0.1) is 0 Å². The molecule has 1 rings (SSSR count). The van der Waals surface area contributed by atoms with E-state index in [1.165, 1.54) is 5.56 Å². The standard InChI is InChI=1S/C12H15N.ClH/c1-3-9-13-10-12-7-5-11(4-2)6-8-12;/h3-8,13H,1-2,9-10H2;1H. The molecular formula is C12H16ClN. The number of halogens is 1. The second-order valence-corrected chi connectivity index (χ2v) is 2.87. The van der Waals surface area contributed by atoms with Crippen molar-refractivity contribution in [1.82, 2.24) is 5.32 Å². The number of benzene rings is 1. The summed E-state index contributed by atoms with van der Waals surface area (Å²) < 4.78 is 0. The van der Waals surface area contributed by atoms with E-state index >= 15 is 0 Å². The molecule has 2 heteroatoms. The van der Waals surface area contributed by atoms with Crippen LogP contribution < -0.4 is 5.32 Å². The molecular weight excluding hydrogens is 194 g/mol. The summed E-state index contributed by atoms with van der Waals surface area (Å²) in [4.78, 5) is 0. The Labute approximate surface area is 91.9 Å². The Morgan fingerprint density at radius 3 is 2.29 bits per heavy atom. The average Bonchev–Trinajstić information content (AvgIpc) is 2.19. The maximum Gasteiger partial charge on any atom is 0.0208 e. The largest absolute Gasteiger partial charge is 0.309 e. The van der Waals surface area contributed by atoms with E-state index in [4.69, 9.17) is 0 Å². The van der Waals surface area contributed by atoms with Gasteiger partial charge in [0.15, 0.2) is 0 Å². The fourth-order valence-corrected chi connectivity index (χ4v) is 1.09. The van der Waals surface area contributed by atoms with Gasteiger partial charge in [0.2, 0.25) is 0 Å². The van der Waals surface area contributed by atoms with Crippen LogP contribution in [0.2, 0.25) is 0 Å². The highest BCUT2D eigenvalue weighted by molar-refractivity contribution is 5.85. The molecule has 0 saturated carbocycles. The molecule has 0 atom stereocenters. The Morgan fingerprint density at radius 2 is 1.79 bits per heavy atom. The number of rotatable bonds is 5. The van der Waals surface area contributed by atoms with Gasteiger partial charge in [-0.2, -0.15) is 0 Å². The molecule has 0 saturated heterocycles. The van der Waals surface area contributed by atoms with Crippen LogP contribution >= 0.6 is 12.4 Å². The minimum absolute atomic E-state index is 0. The summed E-state index contributed by atoms with van der Waals surface area (Å²) in [5.74, 6) is 0. The van der Waals surface area contributed by atoms with Crippen LogP contribution in [-0.4, -0.2) is 6.54 Å². The number of hydrogen-bond acceptors (Lipinski definition) is 1. The lowest BCUT2D eigenvalue weighted by molar-refractivity contribution is 0.760. The third-order valence-corrected chi connectivity index (χ3v) is 1.83. The van der Waals surface area contributed by atoms with Gasteiger partial charge in [0.1, 0.15) is 0 Å². The van der Waals surface area contributed by atoms with Gasteiger partial charge in [0, 0.05) is 13.1 Å². The third-order valence-electron chi connectivity index (χ3n) is 1.83. The molecule has 0 aromatic heterocycles. The predicted molar refractivity (Wildman–Crippen MR) is 65.7 cm³/mol. The molecule has 0 aliphatic rings. The van der Waals surface area contributed by atoms with Gasteiger partial charge in [-0.25, -0.2) is 0 Å². The normalized spacial score (nSPS) is 8.86. The van der Waals surface area contributed by atoms with E-state index in [0.717, 1.165) is 18.7 Å². The maximum absolute atomic E-state index is 3.71. The van der Waals surface area contributed by atoms with Crippen molar-refractivity contribution in [3.05, 3.63) is 54.6 Å². The van der Waals surface area contributed by atoms with E-state index in [1.54, 1.807) is 0 Å². The van der Waals surface area contributed by atoms with Gasteiger partial charge in [-0.1, -0.05) is 43.0 Å². The maximum atomic E-state index is 3.71. The summed E-state index contributed by atoms with van der Waals surface area (Å²) in [5.41, 5.74) is 2.44. The molecule has 0 aliphatic carbocycles. The van der Waals surface area contributed by atoms with Crippen LogP contribution in [-0.2, 0) is 6.54 Å². The summed E-state index contributed by atoms with van der Waals surface area (Å²) in [7, 11) is 0. The fraction of sp³-hybridized carbons (Fsp3) is 0.167. The molecule has 1 aromatic rings. The molecule has 0 aliphatic heterocycles. The third kappa shape index (κ3) is 4.26. The summed E-state index contributed by atoms with van der Waals surface area (Å²) in [5, 5.41) is 3.24. The molecule has 0 fully saturated rings. The van der Waals surface area contributed by atoms with Crippen molar-refractivity contribution in [2.45, 2.75) is 6.54 Å². The van der Waals surface area contributed by atoms with Crippen molar-refractivity contribution in [3.63, 3.8) is 0 Å². The first-order valence-corrected chi connectivity index (χ1v) is 4.40. The van der Waals surface area contributed by atoms with E-state index < -0.39 is 0 Å². The van der Waals surface area contributed by atoms with Gasteiger partial charge < -0.3 is 5.32 Å². The Morgan fingerprint density at radius 1 is 1.14 bits per heavy atom.